The van der Waals surface area contributed by atoms with Gasteiger partial charge in [-0.05, 0) is 43.2 Å². The Morgan fingerprint density at radius 3 is 2.31 bits per heavy atom. The zero-order chi connectivity index (χ0) is 24.6. The number of benzene rings is 3. The van der Waals surface area contributed by atoms with E-state index in [1.54, 1.807) is 6.08 Å². The third-order valence-corrected chi connectivity index (χ3v) is 5.81. The third kappa shape index (κ3) is 6.23. The summed E-state index contributed by atoms with van der Waals surface area (Å²) in [7, 11) is 0. The predicted molar refractivity (Wildman–Crippen MR) is 139 cm³/mol. The monoisotopic (exact) mass is 466 g/mol. The van der Waals surface area contributed by atoms with E-state index in [1.165, 1.54) is 6.08 Å². The molecule has 2 amide bonds. The number of amides is 2. The Bertz CT molecular complexity index is 1310. The number of carbonyl (C=O) groups is 2. The number of para-hydroxylation sites is 2. The van der Waals surface area contributed by atoms with Crippen molar-refractivity contribution in [1.82, 2.24) is 19.8 Å². The fourth-order valence-electron chi connectivity index (χ4n) is 3.96. The molecule has 6 heteroatoms. The lowest BCUT2D eigenvalue weighted by Gasteiger charge is -2.27. The molecule has 0 bridgehead atoms. The van der Waals surface area contributed by atoms with Gasteiger partial charge in [-0.15, -0.1) is 0 Å². The van der Waals surface area contributed by atoms with Gasteiger partial charge in [0.1, 0.15) is 12.4 Å². The van der Waals surface area contributed by atoms with E-state index in [1.807, 2.05) is 108 Å². The summed E-state index contributed by atoms with van der Waals surface area (Å²) in [5.74, 6) is 0.430. The summed E-state index contributed by atoms with van der Waals surface area (Å²) in [4.78, 5) is 32.4. The molecule has 178 valence electrons. The maximum Gasteiger partial charge on any atom is 0.244 e. The van der Waals surface area contributed by atoms with Gasteiger partial charge in [0.2, 0.25) is 11.8 Å². The van der Waals surface area contributed by atoms with Crippen LogP contribution in [0.1, 0.15) is 30.8 Å². The number of carbonyl (C=O) groups excluding carboxylic acids is 2. The van der Waals surface area contributed by atoms with Crippen LogP contribution in [-0.4, -0.2) is 32.3 Å². The molecule has 3 aromatic carbocycles. The van der Waals surface area contributed by atoms with Crippen molar-refractivity contribution < 1.29 is 9.59 Å². The first-order valence-electron chi connectivity index (χ1n) is 11.8. The van der Waals surface area contributed by atoms with Gasteiger partial charge in [-0.2, -0.15) is 0 Å². The van der Waals surface area contributed by atoms with Gasteiger partial charge in [0.25, 0.3) is 0 Å². The van der Waals surface area contributed by atoms with Crippen LogP contribution in [0.2, 0.25) is 0 Å². The van der Waals surface area contributed by atoms with E-state index in [0.717, 1.165) is 22.2 Å². The standard InChI is InChI=1S/C29H30N4O2/c1-22(2)32(20-24-13-7-4-8-14-24)29(35)21-33-26-16-10-9-15-25(26)31-27(33)19-30-28(34)18-17-23-11-5-3-6-12-23/h3-18,22H,19-21H2,1-2H3,(H,30,34)/b18-17-. The van der Waals surface area contributed by atoms with Crippen LogP contribution in [0.25, 0.3) is 17.1 Å². The lowest BCUT2D eigenvalue weighted by atomic mass is 10.2. The maximum atomic E-state index is 13.4. The Morgan fingerprint density at radius 1 is 0.943 bits per heavy atom. The van der Waals surface area contributed by atoms with Crippen molar-refractivity contribution >= 4 is 28.9 Å². The molecule has 0 aliphatic carbocycles. The van der Waals surface area contributed by atoms with Crippen molar-refractivity contribution in [3.63, 3.8) is 0 Å². The molecule has 0 fully saturated rings. The predicted octanol–water partition coefficient (Wildman–Crippen LogP) is 4.80. The molecule has 1 heterocycles. The van der Waals surface area contributed by atoms with Gasteiger partial charge in [-0.3, -0.25) is 9.59 Å². The fourth-order valence-corrected chi connectivity index (χ4v) is 3.96. The molecule has 0 radical (unpaired) electrons. The zero-order valence-corrected chi connectivity index (χ0v) is 20.1. The summed E-state index contributed by atoms with van der Waals surface area (Å²) in [6.07, 6.45) is 3.28. The number of nitrogens with zero attached hydrogens (tertiary/aromatic N) is 3. The van der Waals surface area contributed by atoms with Gasteiger partial charge in [0, 0.05) is 18.7 Å². The van der Waals surface area contributed by atoms with Crippen molar-refractivity contribution in [1.29, 1.82) is 0 Å². The second kappa shape index (κ2) is 11.3. The first-order valence-corrected chi connectivity index (χ1v) is 11.8. The van der Waals surface area contributed by atoms with Crippen molar-refractivity contribution in [2.75, 3.05) is 0 Å². The number of aromatic nitrogens is 2. The highest BCUT2D eigenvalue weighted by Gasteiger charge is 2.21. The van der Waals surface area contributed by atoms with Gasteiger partial charge in [0.05, 0.1) is 17.6 Å². The number of hydrogen-bond acceptors (Lipinski definition) is 3. The van der Waals surface area contributed by atoms with Crippen LogP contribution in [0.15, 0.2) is 91.0 Å². The number of rotatable bonds is 9. The van der Waals surface area contributed by atoms with Gasteiger partial charge in [-0.1, -0.05) is 72.8 Å². The summed E-state index contributed by atoms with van der Waals surface area (Å²) in [5.41, 5.74) is 3.70. The minimum absolute atomic E-state index is 0.00329. The number of imidazole rings is 1. The van der Waals surface area contributed by atoms with Crippen molar-refractivity contribution in [3.8, 4) is 0 Å². The average Bonchev–Trinajstić information content (AvgIpc) is 3.23. The Labute approximate surface area is 205 Å². The van der Waals surface area contributed by atoms with Crippen LogP contribution in [0.3, 0.4) is 0 Å². The average molecular weight is 467 g/mol. The zero-order valence-electron chi connectivity index (χ0n) is 20.1. The molecule has 0 aliphatic heterocycles. The molecule has 0 aliphatic rings. The SMILES string of the molecule is CC(C)N(Cc1ccccc1)C(=O)Cn1c(CNC(=O)/C=C\c2ccccc2)nc2ccccc21. The Kier molecular flexibility index (Phi) is 7.73. The molecule has 0 unspecified atom stereocenters. The molecule has 4 rings (SSSR count). The smallest absolute Gasteiger partial charge is 0.244 e. The maximum absolute atomic E-state index is 13.4. The Hall–Kier alpha value is -4.19. The molecule has 35 heavy (non-hydrogen) atoms. The molecule has 1 aromatic heterocycles. The summed E-state index contributed by atoms with van der Waals surface area (Å²) < 4.78 is 1.90. The molecule has 4 aromatic rings. The Balaban J connectivity index is 1.51. The van der Waals surface area contributed by atoms with E-state index < -0.39 is 0 Å². The summed E-state index contributed by atoms with van der Waals surface area (Å²) in [6, 6.07) is 27.4. The minimum Gasteiger partial charge on any atom is -0.345 e. The van der Waals surface area contributed by atoms with Crippen LogP contribution in [0, 0.1) is 0 Å². The highest BCUT2D eigenvalue weighted by molar-refractivity contribution is 5.91. The summed E-state index contributed by atoms with van der Waals surface area (Å²) in [5, 5.41) is 2.90. The van der Waals surface area contributed by atoms with E-state index in [2.05, 4.69) is 5.32 Å². The van der Waals surface area contributed by atoms with Crippen molar-refractivity contribution in [2.45, 2.75) is 39.5 Å². The molecule has 6 nitrogen and oxygen atoms in total. The van der Waals surface area contributed by atoms with Crippen LogP contribution in [0.5, 0.6) is 0 Å². The topological polar surface area (TPSA) is 67.2 Å². The highest BCUT2D eigenvalue weighted by Crippen LogP contribution is 2.18. The molecular formula is C29H30N4O2. The second-order valence-corrected chi connectivity index (χ2v) is 8.67. The minimum atomic E-state index is -0.216. The Morgan fingerprint density at radius 2 is 1.60 bits per heavy atom. The van der Waals surface area contributed by atoms with E-state index in [0.29, 0.717) is 12.4 Å². The van der Waals surface area contributed by atoms with Gasteiger partial charge in [0.15, 0.2) is 0 Å². The van der Waals surface area contributed by atoms with E-state index in [4.69, 9.17) is 4.98 Å². The van der Waals surface area contributed by atoms with Crippen LogP contribution >= 0.6 is 0 Å². The first-order chi connectivity index (χ1) is 17.0. The number of hydrogen-bond donors (Lipinski definition) is 1. The molecule has 0 saturated heterocycles. The molecule has 1 N–H and O–H groups in total. The van der Waals surface area contributed by atoms with Crippen LogP contribution in [-0.2, 0) is 29.2 Å². The van der Waals surface area contributed by atoms with Gasteiger partial charge >= 0.3 is 0 Å². The van der Waals surface area contributed by atoms with Gasteiger partial charge < -0.3 is 14.8 Å². The number of nitrogens with one attached hydrogen (secondary N) is 1. The van der Waals surface area contributed by atoms with Crippen LogP contribution < -0.4 is 5.32 Å². The van der Waals surface area contributed by atoms with Crippen molar-refractivity contribution in [2.24, 2.45) is 0 Å². The van der Waals surface area contributed by atoms with Gasteiger partial charge in [-0.25, -0.2) is 4.98 Å². The lowest BCUT2D eigenvalue weighted by Crippen LogP contribution is -2.39. The lowest BCUT2D eigenvalue weighted by molar-refractivity contribution is -0.134. The molecular weight excluding hydrogens is 436 g/mol. The highest BCUT2D eigenvalue weighted by atomic mass is 16.2. The summed E-state index contributed by atoms with van der Waals surface area (Å²) >= 11 is 0. The van der Waals surface area contributed by atoms with Crippen LogP contribution in [0.4, 0.5) is 0 Å². The molecule has 0 spiro atoms. The second-order valence-electron chi connectivity index (χ2n) is 8.67. The quantitative estimate of drug-likeness (QED) is 0.360. The fraction of sp³-hybridized carbons (Fsp3) is 0.207. The van der Waals surface area contributed by atoms with E-state index in [9.17, 15) is 9.59 Å². The molecule has 0 saturated carbocycles. The summed E-state index contributed by atoms with van der Waals surface area (Å²) in [6.45, 7) is 4.96. The number of fused-ring (bicyclic) bond motifs is 1. The third-order valence-electron chi connectivity index (χ3n) is 5.81. The first kappa shape index (κ1) is 24.0. The van der Waals surface area contributed by atoms with Crippen molar-refractivity contribution in [3.05, 3.63) is 108 Å². The normalized spacial score (nSPS) is 11.3. The van der Waals surface area contributed by atoms with E-state index in [-0.39, 0.29) is 30.9 Å². The largest absolute Gasteiger partial charge is 0.345 e. The van der Waals surface area contributed by atoms with E-state index >= 15 is 0 Å². The molecule has 0 atom stereocenters.